The molecule has 156 valence electrons. The molecule has 1 aromatic carbocycles. The summed E-state index contributed by atoms with van der Waals surface area (Å²) in [6.45, 7) is 12.1. The van der Waals surface area contributed by atoms with Gasteiger partial charge in [0.25, 0.3) is 0 Å². The Bertz CT molecular complexity index is 579. The molecule has 0 unspecified atom stereocenters. The van der Waals surface area contributed by atoms with Crippen LogP contribution in [-0.2, 0) is 4.74 Å². The van der Waals surface area contributed by atoms with Crippen molar-refractivity contribution in [2.75, 3.05) is 63.9 Å². The summed E-state index contributed by atoms with van der Waals surface area (Å²) in [5.74, 6) is 0.605. The van der Waals surface area contributed by atoms with Gasteiger partial charge in [-0.1, -0.05) is 44.9 Å². The van der Waals surface area contributed by atoms with Crippen molar-refractivity contribution in [3.63, 3.8) is 0 Å². The van der Waals surface area contributed by atoms with Crippen molar-refractivity contribution in [1.29, 1.82) is 0 Å². The van der Waals surface area contributed by atoms with Crippen molar-refractivity contribution >= 4 is 11.7 Å². The van der Waals surface area contributed by atoms with Crippen molar-refractivity contribution in [3.05, 3.63) is 30.3 Å². The summed E-state index contributed by atoms with van der Waals surface area (Å²) in [5, 5.41) is 3.24. The third-order valence-electron chi connectivity index (χ3n) is 6.26. The summed E-state index contributed by atoms with van der Waals surface area (Å²) in [6.07, 6.45) is 2.29. The van der Waals surface area contributed by atoms with Crippen molar-refractivity contribution in [1.82, 2.24) is 15.1 Å². The minimum Gasteiger partial charge on any atom is -0.379 e. The molecule has 2 aliphatic rings. The van der Waals surface area contributed by atoms with Gasteiger partial charge in [0.15, 0.2) is 0 Å². The molecule has 1 atom stereocenters. The molecule has 6 nitrogen and oxygen atoms in total. The van der Waals surface area contributed by atoms with Crippen molar-refractivity contribution in [3.8, 4) is 0 Å². The standard InChI is InChI=1S/C22H36N4O2/c1-3-19(4-2)21(25-14-16-28-17-15-25)18-23-22(27)26-12-10-24(11-13-26)20-8-6-5-7-9-20/h5-9,19,21H,3-4,10-18H2,1-2H3,(H,23,27)/t21-/m1/s1. The molecule has 2 aliphatic heterocycles. The maximum Gasteiger partial charge on any atom is 0.317 e. The van der Waals surface area contributed by atoms with Gasteiger partial charge >= 0.3 is 6.03 Å². The number of piperazine rings is 1. The van der Waals surface area contributed by atoms with E-state index in [9.17, 15) is 4.79 Å². The molecule has 2 amide bonds. The second-order valence-electron chi connectivity index (χ2n) is 7.79. The molecule has 0 aliphatic carbocycles. The highest BCUT2D eigenvalue weighted by molar-refractivity contribution is 5.74. The van der Waals surface area contributed by atoms with Gasteiger partial charge in [0.05, 0.1) is 13.2 Å². The fourth-order valence-corrected chi connectivity index (χ4v) is 4.45. The van der Waals surface area contributed by atoms with Gasteiger partial charge < -0.3 is 19.9 Å². The first-order valence-electron chi connectivity index (χ1n) is 10.9. The van der Waals surface area contributed by atoms with E-state index in [1.54, 1.807) is 0 Å². The van der Waals surface area contributed by atoms with Crippen LogP contribution in [0, 0.1) is 5.92 Å². The number of nitrogens with one attached hydrogen (secondary N) is 1. The molecule has 6 heteroatoms. The van der Waals surface area contributed by atoms with E-state index in [-0.39, 0.29) is 6.03 Å². The Morgan fingerprint density at radius 1 is 1.00 bits per heavy atom. The first-order valence-corrected chi connectivity index (χ1v) is 10.9. The van der Waals surface area contributed by atoms with Crippen molar-refractivity contribution in [2.24, 2.45) is 5.92 Å². The number of hydrogen-bond donors (Lipinski definition) is 1. The zero-order valence-electron chi connectivity index (χ0n) is 17.5. The van der Waals surface area contributed by atoms with Crippen LogP contribution in [0.15, 0.2) is 30.3 Å². The number of amides is 2. The Hall–Kier alpha value is -1.79. The predicted octanol–water partition coefficient (Wildman–Crippen LogP) is 2.66. The summed E-state index contributed by atoms with van der Waals surface area (Å²) in [5.41, 5.74) is 1.24. The number of carbonyl (C=O) groups excluding carboxylic acids is 1. The van der Waals surface area contributed by atoms with Gasteiger partial charge in [-0.2, -0.15) is 0 Å². The quantitative estimate of drug-likeness (QED) is 0.780. The Morgan fingerprint density at radius 3 is 2.25 bits per heavy atom. The molecule has 2 fully saturated rings. The number of hydrogen-bond acceptors (Lipinski definition) is 4. The number of rotatable bonds is 7. The molecular formula is C22H36N4O2. The topological polar surface area (TPSA) is 48.1 Å². The normalized spacial score (nSPS) is 19.7. The van der Waals surface area contributed by atoms with Crippen LogP contribution in [-0.4, -0.2) is 80.9 Å². The van der Waals surface area contributed by atoms with Gasteiger partial charge in [-0.05, 0) is 18.1 Å². The summed E-state index contributed by atoms with van der Waals surface area (Å²) in [4.78, 5) is 19.6. The Balaban J connectivity index is 1.50. The predicted molar refractivity (Wildman–Crippen MR) is 114 cm³/mol. The molecule has 2 saturated heterocycles. The lowest BCUT2D eigenvalue weighted by molar-refractivity contribution is 0.00210. The third-order valence-corrected chi connectivity index (χ3v) is 6.26. The largest absolute Gasteiger partial charge is 0.379 e. The molecule has 0 bridgehead atoms. The number of nitrogens with zero attached hydrogens (tertiary/aromatic N) is 3. The fraction of sp³-hybridized carbons (Fsp3) is 0.682. The van der Waals surface area contributed by atoms with E-state index >= 15 is 0 Å². The van der Waals surface area contributed by atoms with E-state index in [1.165, 1.54) is 5.69 Å². The highest BCUT2D eigenvalue weighted by Gasteiger charge is 2.28. The van der Waals surface area contributed by atoms with Crippen LogP contribution in [0.25, 0.3) is 0 Å². The summed E-state index contributed by atoms with van der Waals surface area (Å²) in [6, 6.07) is 10.9. The first-order chi connectivity index (χ1) is 13.7. The molecule has 0 spiro atoms. The summed E-state index contributed by atoms with van der Waals surface area (Å²) >= 11 is 0. The lowest BCUT2D eigenvalue weighted by atomic mass is 9.92. The second-order valence-corrected chi connectivity index (χ2v) is 7.79. The number of carbonyl (C=O) groups is 1. The maximum absolute atomic E-state index is 12.8. The molecule has 2 heterocycles. The molecular weight excluding hydrogens is 352 g/mol. The number of para-hydroxylation sites is 1. The molecule has 0 saturated carbocycles. The molecule has 28 heavy (non-hydrogen) atoms. The van der Waals surface area contributed by atoms with Gasteiger partial charge in [-0.3, -0.25) is 4.90 Å². The van der Waals surface area contributed by atoms with Crippen molar-refractivity contribution in [2.45, 2.75) is 32.7 Å². The molecule has 3 rings (SSSR count). The fourth-order valence-electron chi connectivity index (χ4n) is 4.45. The smallest absolute Gasteiger partial charge is 0.317 e. The van der Waals surface area contributed by atoms with Crippen LogP contribution in [0.4, 0.5) is 10.5 Å². The number of morpholine rings is 1. The second kappa shape index (κ2) is 10.7. The number of anilines is 1. The van der Waals surface area contributed by atoms with E-state index in [0.717, 1.165) is 71.9 Å². The lowest BCUT2D eigenvalue weighted by Gasteiger charge is -2.40. The van der Waals surface area contributed by atoms with E-state index in [2.05, 4.69) is 53.2 Å². The molecule has 0 aromatic heterocycles. The molecule has 1 aromatic rings. The average molecular weight is 389 g/mol. The molecule has 0 radical (unpaired) electrons. The van der Waals surface area contributed by atoms with Gasteiger partial charge in [-0.15, -0.1) is 0 Å². The van der Waals surface area contributed by atoms with Crippen LogP contribution in [0.1, 0.15) is 26.7 Å². The highest BCUT2D eigenvalue weighted by Crippen LogP contribution is 2.20. The average Bonchev–Trinajstić information content (AvgIpc) is 2.77. The Morgan fingerprint density at radius 2 is 1.64 bits per heavy atom. The van der Waals surface area contributed by atoms with Gasteiger partial charge in [-0.25, -0.2) is 4.79 Å². The van der Waals surface area contributed by atoms with Crippen LogP contribution in [0.5, 0.6) is 0 Å². The summed E-state index contributed by atoms with van der Waals surface area (Å²) < 4.78 is 5.52. The number of ether oxygens (including phenoxy) is 1. The van der Waals surface area contributed by atoms with Crippen LogP contribution in [0.3, 0.4) is 0 Å². The van der Waals surface area contributed by atoms with E-state index in [0.29, 0.717) is 12.0 Å². The van der Waals surface area contributed by atoms with Crippen LogP contribution >= 0.6 is 0 Å². The molecule has 1 N–H and O–H groups in total. The highest BCUT2D eigenvalue weighted by atomic mass is 16.5. The van der Waals surface area contributed by atoms with Gasteiger partial charge in [0.2, 0.25) is 0 Å². The maximum atomic E-state index is 12.8. The monoisotopic (exact) mass is 388 g/mol. The van der Waals surface area contributed by atoms with E-state index in [1.807, 2.05) is 11.0 Å². The third kappa shape index (κ3) is 5.39. The zero-order chi connectivity index (χ0) is 19.8. The van der Waals surface area contributed by atoms with E-state index < -0.39 is 0 Å². The zero-order valence-corrected chi connectivity index (χ0v) is 17.5. The lowest BCUT2D eigenvalue weighted by Crippen LogP contribution is -2.56. The van der Waals surface area contributed by atoms with Crippen LogP contribution in [0.2, 0.25) is 0 Å². The van der Waals surface area contributed by atoms with E-state index in [4.69, 9.17) is 4.74 Å². The number of benzene rings is 1. The summed E-state index contributed by atoms with van der Waals surface area (Å²) in [7, 11) is 0. The number of urea groups is 1. The minimum absolute atomic E-state index is 0.0805. The Kier molecular flexibility index (Phi) is 7.98. The van der Waals surface area contributed by atoms with Gasteiger partial charge in [0, 0.05) is 57.5 Å². The SMILES string of the molecule is CCC(CC)[C@@H](CNC(=O)N1CCN(c2ccccc2)CC1)N1CCOCC1. The first kappa shape index (κ1) is 20.9. The Labute approximate surface area is 169 Å². The van der Waals surface area contributed by atoms with Crippen LogP contribution < -0.4 is 10.2 Å². The minimum atomic E-state index is 0.0805. The van der Waals surface area contributed by atoms with Crippen molar-refractivity contribution < 1.29 is 9.53 Å². The van der Waals surface area contributed by atoms with Gasteiger partial charge in [0.1, 0.15) is 0 Å².